The second-order valence-corrected chi connectivity index (χ2v) is 3.24. The maximum absolute atomic E-state index is 11.5. The van der Waals surface area contributed by atoms with Crippen LogP contribution in [0.15, 0.2) is 18.3 Å². The molecule has 0 radical (unpaired) electrons. The Morgan fingerprint density at radius 2 is 2.36 bits per heavy atom. The maximum atomic E-state index is 11.5. The standard InChI is InChI=1S/C12H15NO/c1-3-4-5-6-9-12(14)11-8-7-10-13(11)2/h7-8,10H,3-5H2,1-2H3. The van der Waals surface area contributed by atoms with E-state index < -0.39 is 0 Å². The van der Waals surface area contributed by atoms with E-state index in [1.54, 1.807) is 10.6 Å². The molecule has 0 saturated carbocycles. The Labute approximate surface area is 84.9 Å². The van der Waals surface area contributed by atoms with Crippen LogP contribution >= 0.6 is 0 Å². The molecule has 2 heteroatoms. The van der Waals surface area contributed by atoms with E-state index in [9.17, 15) is 4.79 Å². The number of aryl methyl sites for hydroxylation is 1. The molecule has 0 atom stereocenters. The minimum atomic E-state index is -0.0893. The Morgan fingerprint density at radius 1 is 1.57 bits per heavy atom. The second-order valence-electron chi connectivity index (χ2n) is 3.24. The van der Waals surface area contributed by atoms with E-state index >= 15 is 0 Å². The molecule has 1 rings (SSSR count). The Hall–Kier alpha value is -1.49. The highest BCUT2D eigenvalue weighted by molar-refractivity contribution is 6.07. The lowest BCUT2D eigenvalue weighted by molar-refractivity contribution is 0.104. The highest BCUT2D eigenvalue weighted by Crippen LogP contribution is 2.00. The number of carbonyl (C=O) groups is 1. The zero-order valence-corrected chi connectivity index (χ0v) is 8.71. The summed E-state index contributed by atoms with van der Waals surface area (Å²) in [5.41, 5.74) is 0.661. The van der Waals surface area contributed by atoms with Crippen LogP contribution in [0.25, 0.3) is 0 Å². The van der Waals surface area contributed by atoms with Gasteiger partial charge in [0.1, 0.15) is 0 Å². The molecule has 0 unspecified atom stereocenters. The summed E-state index contributed by atoms with van der Waals surface area (Å²) in [5, 5.41) is 0. The lowest BCUT2D eigenvalue weighted by Crippen LogP contribution is -2.02. The highest BCUT2D eigenvalue weighted by Gasteiger charge is 2.03. The summed E-state index contributed by atoms with van der Waals surface area (Å²) >= 11 is 0. The Balaban J connectivity index is 2.57. The van der Waals surface area contributed by atoms with Gasteiger partial charge in [-0.1, -0.05) is 19.3 Å². The third kappa shape index (κ3) is 2.77. The molecule has 0 N–H and O–H groups in total. The Kier molecular flexibility index (Phi) is 4.00. The van der Waals surface area contributed by atoms with Crippen LogP contribution < -0.4 is 0 Å². The first-order chi connectivity index (χ1) is 6.75. The quantitative estimate of drug-likeness (QED) is 0.310. The lowest BCUT2D eigenvalue weighted by Gasteiger charge is -1.94. The van der Waals surface area contributed by atoms with Crippen molar-refractivity contribution in [3.05, 3.63) is 24.0 Å². The van der Waals surface area contributed by atoms with Crippen LogP contribution in [0.1, 0.15) is 36.7 Å². The van der Waals surface area contributed by atoms with Crippen molar-refractivity contribution in [2.24, 2.45) is 7.05 Å². The van der Waals surface area contributed by atoms with Gasteiger partial charge in [0.25, 0.3) is 5.78 Å². The van der Waals surface area contributed by atoms with Gasteiger partial charge in [-0.3, -0.25) is 4.79 Å². The fourth-order valence-corrected chi connectivity index (χ4v) is 1.17. The summed E-state index contributed by atoms with van der Waals surface area (Å²) in [4.78, 5) is 11.5. The van der Waals surface area contributed by atoms with Crippen LogP contribution in [-0.4, -0.2) is 10.4 Å². The summed E-state index contributed by atoms with van der Waals surface area (Å²) in [5.74, 6) is 5.45. The molecule has 14 heavy (non-hydrogen) atoms. The number of nitrogens with zero attached hydrogens (tertiary/aromatic N) is 1. The summed E-state index contributed by atoms with van der Waals surface area (Å²) in [6.45, 7) is 2.11. The van der Waals surface area contributed by atoms with Crippen LogP contribution in [0.5, 0.6) is 0 Å². The van der Waals surface area contributed by atoms with E-state index in [2.05, 4.69) is 18.8 Å². The molecule has 0 saturated heterocycles. The van der Waals surface area contributed by atoms with E-state index in [4.69, 9.17) is 0 Å². The zero-order chi connectivity index (χ0) is 10.4. The van der Waals surface area contributed by atoms with Crippen molar-refractivity contribution in [2.75, 3.05) is 0 Å². The molecule has 0 spiro atoms. The maximum Gasteiger partial charge on any atom is 0.252 e. The zero-order valence-electron chi connectivity index (χ0n) is 8.71. The van der Waals surface area contributed by atoms with Crippen molar-refractivity contribution in [3.63, 3.8) is 0 Å². The van der Waals surface area contributed by atoms with Crippen LogP contribution in [0.3, 0.4) is 0 Å². The molecule has 1 heterocycles. The van der Waals surface area contributed by atoms with Crippen molar-refractivity contribution in [1.82, 2.24) is 4.57 Å². The van der Waals surface area contributed by atoms with Gasteiger partial charge in [0.2, 0.25) is 0 Å². The van der Waals surface area contributed by atoms with Gasteiger partial charge in [0.15, 0.2) is 0 Å². The molecule has 1 aromatic rings. The molecule has 1 aromatic heterocycles. The lowest BCUT2D eigenvalue weighted by atomic mass is 10.2. The molecule has 0 bridgehead atoms. The van der Waals surface area contributed by atoms with Crippen molar-refractivity contribution in [2.45, 2.75) is 26.2 Å². The molecule has 74 valence electrons. The molecule has 0 aliphatic carbocycles. The van der Waals surface area contributed by atoms with Crippen LogP contribution in [0, 0.1) is 11.8 Å². The fourth-order valence-electron chi connectivity index (χ4n) is 1.17. The van der Waals surface area contributed by atoms with Gasteiger partial charge in [0.05, 0.1) is 5.69 Å². The van der Waals surface area contributed by atoms with Gasteiger partial charge in [-0.05, 0) is 24.5 Å². The van der Waals surface area contributed by atoms with Crippen LogP contribution in [0.2, 0.25) is 0 Å². The van der Waals surface area contributed by atoms with E-state index in [-0.39, 0.29) is 5.78 Å². The van der Waals surface area contributed by atoms with Crippen molar-refractivity contribution < 1.29 is 4.79 Å². The predicted molar refractivity (Wildman–Crippen MR) is 57.0 cm³/mol. The molecular formula is C12H15NO. The van der Waals surface area contributed by atoms with Crippen LogP contribution in [0.4, 0.5) is 0 Å². The van der Waals surface area contributed by atoms with Gasteiger partial charge >= 0.3 is 0 Å². The number of Topliss-reactive ketones (excluding diaryl/α,β-unsaturated/α-hetero) is 1. The molecule has 0 aromatic carbocycles. The number of carbonyl (C=O) groups excluding carboxylic acids is 1. The van der Waals surface area contributed by atoms with Gasteiger partial charge < -0.3 is 4.57 Å². The Morgan fingerprint density at radius 3 is 2.93 bits per heavy atom. The van der Waals surface area contributed by atoms with Gasteiger partial charge in [0, 0.05) is 19.7 Å². The average molecular weight is 189 g/mol. The van der Waals surface area contributed by atoms with E-state index in [0.717, 1.165) is 19.3 Å². The monoisotopic (exact) mass is 189 g/mol. The summed E-state index contributed by atoms with van der Waals surface area (Å²) in [6, 6.07) is 3.64. The summed E-state index contributed by atoms with van der Waals surface area (Å²) in [6.07, 6.45) is 4.84. The number of hydrogen-bond donors (Lipinski definition) is 0. The first-order valence-electron chi connectivity index (χ1n) is 4.90. The topological polar surface area (TPSA) is 22.0 Å². The van der Waals surface area contributed by atoms with E-state index in [1.807, 2.05) is 19.3 Å². The van der Waals surface area contributed by atoms with Crippen molar-refractivity contribution >= 4 is 5.78 Å². The predicted octanol–water partition coefficient (Wildman–Crippen LogP) is 2.40. The molecule has 0 aliphatic heterocycles. The third-order valence-corrected chi connectivity index (χ3v) is 2.03. The first kappa shape index (κ1) is 10.6. The van der Waals surface area contributed by atoms with Crippen LogP contribution in [-0.2, 0) is 7.05 Å². The minimum Gasteiger partial charge on any atom is -0.347 e. The molecule has 0 fully saturated rings. The summed E-state index contributed by atoms with van der Waals surface area (Å²) < 4.78 is 1.79. The fraction of sp³-hybridized carbons (Fsp3) is 0.417. The van der Waals surface area contributed by atoms with Crippen molar-refractivity contribution in [3.8, 4) is 11.8 Å². The highest BCUT2D eigenvalue weighted by atomic mass is 16.1. The van der Waals surface area contributed by atoms with Gasteiger partial charge in [-0.15, -0.1) is 0 Å². The number of rotatable bonds is 3. The van der Waals surface area contributed by atoms with Gasteiger partial charge in [-0.2, -0.15) is 0 Å². The number of ketones is 1. The summed E-state index contributed by atoms with van der Waals surface area (Å²) in [7, 11) is 1.85. The SMILES string of the molecule is CCCCC#CC(=O)c1cccn1C. The molecular weight excluding hydrogens is 174 g/mol. The van der Waals surface area contributed by atoms with Gasteiger partial charge in [-0.25, -0.2) is 0 Å². The number of hydrogen-bond acceptors (Lipinski definition) is 1. The Bertz CT molecular complexity index is 365. The smallest absolute Gasteiger partial charge is 0.252 e. The van der Waals surface area contributed by atoms with Crippen molar-refractivity contribution in [1.29, 1.82) is 0 Å². The second kappa shape index (κ2) is 5.29. The first-order valence-corrected chi connectivity index (χ1v) is 4.90. The molecule has 0 aliphatic rings. The number of unbranched alkanes of at least 4 members (excludes halogenated alkanes) is 2. The molecule has 0 amide bonds. The largest absolute Gasteiger partial charge is 0.347 e. The minimum absolute atomic E-state index is 0.0893. The van der Waals surface area contributed by atoms with E-state index in [0.29, 0.717) is 5.69 Å². The normalized spacial score (nSPS) is 9.29. The molecule has 2 nitrogen and oxygen atoms in total. The number of aromatic nitrogens is 1. The van der Waals surface area contributed by atoms with E-state index in [1.165, 1.54) is 0 Å². The third-order valence-electron chi connectivity index (χ3n) is 2.03. The average Bonchev–Trinajstić information content (AvgIpc) is 2.59.